The summed E-state index contributed by atoms with van der Waals surface area (Å²) in [5, 5.41) is 5.26. The van der Waals surface area contributed by atoms with Crippen LogP contribution in [-0.2, 0) is 6.54 Å². The highest BCUT2D eigenvalue weighted by Gasteiger charge is 2.10. The first kappa shape index (κ1) is 13.5. The summed E-state index contributed by atoms with van der Waals surface area (Å²) in [5.74, 6) is -0.236. The molecule has 0 saturated heterocycles. The van der Waals surface area contributed by atoms with E-state index in [2.05, 4.69) is 20.3 Å². The number of rotatable bonds is 4. The summed E-state index contributed by atoms with van der Waals surface area (Å²) in [6, 6.07) is 7.50. The summed E-state index contributed by atoms with van der Waals surface area (Å²) in [6.07, 6.45) is 3.37. The Morgan fingerprint density at radius 1 is 1.33 bits per heavy atom. The normalized spacial score (nSPS) is 10.5. The van der Waals surface area contributed by atoms with E-state index in [-0.39, 0.29) is 5.91 Å². The number of hydrogen-bond donors (Lipinski definition) is 3. The number of aromatic nitrogens is 3. The second-order valence-corrected chi connectivity index (χ2v) is 5.27. The lowest BCUT2D eigenvalue weighted by Gasteiger charge is -2.04. The Bertz CT molecular complexity index is 733. The van der Waals surface area contributed by atoms with Crippen LogP contribution in [0.15, 0.2) is 42.2 Å². The van der Waals surface area contributed by atoms with Crippen LogP contribution in [0.3, 0.4) is 0 Å². The van der Waals surface area contributed by atoms with Crippen LogP contribution in [-0.4, -0.2) is 20.9 Å². The topological polar surface area (TPSA) is 96.7 Å². The molecule has 3 aromatic rings. The van der Waals surface area contributed by atoms with Crippen molar-refractivity contribution in [1.29, 1.82) is 0 Å². The molecule has 0 aliphatic carbocycles. The molecule has 21 heavy (non-hydrogen) atoms. The Kier molecular flexibility index (Phi) is 3.76. The lowest BCUT2D eigenvalue weighted by atomic mass is 10.1. The van der Waals surface area contributed by atoms with E-state index < -0.39 is 0 Å². The molecule has 4 N–H and O–H groups in total. The van der Waals surface area contributed by atoms with Gasteiger partial charge in [-0.25, -0.2) is 9.97 Å². The molecule has 6 nitrogen and oxygen atoms in total. The number of aromatic amines is 1. The number of benzene rings is 1. The van der Waals surface area contributed by atoms with Crippen LogP contribution < -0.4 is 11.1 Å². The Labute approximate surface area is 125 Å². The van der Waals surface area contributed by atoms with Crippen LogP contribution in [0, 0.1) is 0 Å². The maximum absolute atomic E-state index is 12.0. The number of carbonyl (C=O) groups excluding carboxylic acids is 1. The zero-order chi connectivity index (χ0) is 14.7. The van der Waals surface area contributed by atoms with Gasteiger partial charge in [0.15, 0.2) is 0 Å². The van der Waals surface area contributed by atoms with Gasteiger partial charge < -0.3 is 16.0 Å². The van der Waals surface area contributed by atoms with Crippen molar-refractivity contribution >= 4 is 22.9 Å². The first-order valence-electron chi connectivity index (χ1n) is 6.31. The summed E-state index contributed by atoms with van der Waals surface area (Å²) in [6.45, 7) is 0.344. The second kappa shape index (κ2) is 5.86. The van der Waals surface area contributed by atoms with Gasteiger partial charge in [-0.15, -0.1) is 11.3 Å². The van der Waals surface area contributed by atoms with E-state index >= 15 is 0 Å². The molecule has 0 unspecified atom stereocenters. The number of amides is 1. The van der Waals surface area contributed by atoms with Crippen LogP contribution in [0.2, 0.25) is 0 Å². The number of carbonyl (C=O) groups is 1. The minimum Gasteiger partial charge on any atom is -0.345 e. The number of nitrogens with zero attached hydrogens (tertiary/aromatic N) is 2. The van der Waals surface area contributed by atoms with Crippen molar-refractivity contribution in [2.24, 2.45) is 5.73 Å². The molecule has 0 spiro atoms. The zero-order valence-electron chi connectivity index (χ0n) is 11.0. The van der Waals surface area contributed by atoms with E-state index in [1.807, 2.05) is 24.3 Å². The third-order valence-corrected chi connectivity index (χ3v) is 3.78. The number of thiazole rings is 1. The Hall–Kier alpha value is -2.51. The summed E-state index contributed by atoms with van der Waals surface area (Å²) < 4.78 is 0. The van der Waals surface area contributed by atoms with E-state index in [0.29, 0.717) is 17.9 Å². The lowest BCUT2D eigenvalue weighted by Crippen LogP contribution is -2.12. The van der Waals surface area contributed by atoms with E-state index in [1.54, 1.807) is 17.9 Å². The van der Waals surface area contributed by atoms with Crippen molar-refractivity contribution < 1.29 is 4.79 Å². The van der Waals surface area contributed by atoms with Gasteiger partial charge in [-0.1, -0.05) is 12.1 Å². The molecule has 0 fully saturated rings. The van der Waals surface area contributed by atoms with Crippen molar-refractivity contribution in [1.82, 2.24) is 15.0 Å². The average molecular weight is 299 g/mol. The molecule has 106 valence electrons. The fraction of sp³-hybridized carbons (Fsp3) is 0.0714. The third-order valence-electron chi connectivity index (χ3n) is 2.91. The van der Waals surface area contributed by atoms with E-state index in [1.165, 1.54) is 11.3 Å². The molecule has 0 aliphatic rings. The van der Waals surface area contributed by atoms with Crippen LogP contribution >= 0.6 is 11.3 Å². The molecule has 7 heteroatoms. The molecule has 0 bridgehead atoms. The number of H-pyrrole nitrogens is 1. The van der Waals surface area contributed by atoms with Crippen LogP contribution in [0.25, 0.3) is 11.3 Å². The highest BCUT2D eigenvalue weighted by molar-refractivity contribution is 7.09. The standard InChI is InChI=1S/C14H13N5OS/c15-5-13-19-12(7-21-13)14(20)18-10-3-1-9(2-4-10)11-6-16-8-17-11/h1-4,6-8H,5,15H2,(H,16,17)(H,18,20). The molecule has 1 amide bonds. The van der Waals surface area contributed by atoms with E-state index in [0.717, 1.165) is 16.3 Å². The Balaban J connectivity index is 1.71. The molecule has 0 radical (unpaired) electrons. The van der Waals surface area contributed by atoms with Gasteiger partial charge >= 0.3 is 0 Å². The van der Waals surface area contributed by atoms with Crippen molar-refractivity contribution in [3.05, 3.63) is 52.9 Å². The summed E-state index contributed by atoms with van der Waals surface area (Å²) >= 11 is 1.38. The van der Waals surface area contributed by atoms with Crippen molar-refractivity contribution in [2.45, 2.75) is 6.54 Å². The number of nitrogens with two attached hydrogens (primary N) is 1. The van der Waals surface area contributed by atoms with Gasteiger partial charge in [-0.2, -0.15) is 0 Å². The minimum atomic E-state index is -0.236. The predicted molar refractivity (Wildman–Crippen MR) is 82.0 cm³/mol. The van der Waals surface area contributed by atoms with Crippen molar-refractivity contribution in [3.63, 3.8) is 0 Å². The average Bonchev–Trinajstić information content (AvgIpc) is 3.19. The van der Waals surface area contributed by atoms with Gasteiger partial charge in [0.2, 0.25) is 0 Å². The van der Waals surface area contributed by atoms with E-state index in [9.17, 15) is 4.79 Å². The second-order valence-electron chi connectivity index (χ2n) is 4.33. The Morgan fingerprint density at radius 2 is 2.14 bits per heavy atom. The lowest BCUT2D eigenvalue weighted by molar-refractivity contribution is 0.102. The molecular formula is C14H13N5OS. The zero-order valence-corrected chi connectivity index (χ0v) is 11.9. The summed E-state index contributed by atoms with van der Waals surface area (Å²) in [5.41, 5.74) is 8.52. The van der Waals surface area contributed by atoms with Gasteiger partial charge in [-0.3, -0.25) is 4.79 Å². The molecule has 0 atom stereocenters. The summed E-state index contributed by atoms with van der Waals surface area (Å²) in [7, 11) is 0. The molecule has 0 saturated carbocycles. The first-order valence-corrected chi connectivity index (χ1v) is 7.19. The van der Waals surface area contributed by atoms with Gasteiger partial charge in [0.25, 0.3) is 5.91 Å². The number of hydrogen-bond acceptors (Lipinski definition) is 5. The highest BCUT2D eigenvalue weighted by atomic mass is 32.1. The van der Waals surface area contributed by atoms with Gasteiger partial charge in [0, 0.05) is 17.6 Å². The predicted octanol–water partition coefficient (Wildman–Crippen LogP) is 2.24. The largest absolute Gasteiger partial charge is 0.345 e. The third kappa shape index (κ3) is 2.99. The fourth-order valence-electron chi connectivity index (χ4n) is 1.85. The van der Waals surface area contributed by atoms with Crippen molar-refractivity contribution in [2.75, 3.05) is 5.32 Å². The number of nitrogens with one attached hydrogen (secondary N) is 2. The fourth-order valence-corrected chi connectivity index (χ4v) is 2.51. The minimum absolute atomic E-state index is 0.236. The maximum atomic E-state index is 12.0. The smallest absolute Gasteiger partial charge is 0.275 e. The monoisotopic (exact) mass is 299 g/mol. The molecular weight excluding hydrogens is 286 g/mol. The quantitative estimate of drug-likeness (QED) is 0.688. The molecule has 0 aliphatic heterocycles. The SMILES string of the molecule is NCc1nc(C(=O)Nc2ccc(-c3cnc[nH]3)cc2)cs1. The van der Waals surface area contributed by atoms with Crippen LogP contribution in [0.5, 0.6) is 0 Å². The van der Waals surface area contributed by atoms with Gasteiger partial charge in [0.05, 0.1) is 18.2 Å². The maximum Gasteiger partial charge on any atom is 0.275 e. The van der Waals surface area contributed by atoms with Gasteiger partial charge in [0.1, 0.15) is 10.7 Å². The molecule has 3 rings (SSSR count). The number of imidazole rings is 1. The van der Waals surface area contributed by atoms with Gasteiger partial charge in [-0.05, 0) is 17.7 Å². The summed E-state index contributed by atoms with van der Waals surface area (Å²) in [4.78, 5) is 23.2. The Morgan fingerprint density at radius 3 is 2.76 bits per heavy atom. The highest BCUT2D eigenvalue weighted by Crippen LogP contribution is 2.19. The van der Waals surface area contributed by atoms with Crippen LogP contribution in [0.4, 0.5) is 5.69 Å². The molecule has 2 aromatic heterocycles. The molecule has 2 heterocycles. The van der Waals surface area contributed by atoms with Crippen molar-refractivity contribution in [3.8, 4) is 11.3 Å². The molecule has 1 aromatic carbocycles. The first-order chi connectivity index (χ1) is 10.3. The van der Waals surface area contributed by atoms with E-state index in [4.69, 9.17) is 5.73 Å². The van der Waals surface area contributed by atoms with Crippen LogP contribution in [0.1, 0.15) is 15.5 Å². The number of anilines is 1.